The first-order chi connectivity index (χ1) is 11.6. The number of nitro benzene ring substituents is 1. The van der Waals surface area contributed by atoms with Crippen LogP contribution in [0.4, 0.5) is 5.69 Å². The van der Waals surface area contributed by atoms with Crippen LogP contribution >= 0.6 is 22.9 Å². The van der Waals surface area contributed by atoms with Gasteiger partial charge >= 0.3 is 0 Å². The first kappa shape index (κ1) is 14.8. The summed E-state index contributed by atoms with van der Waals surface area (Å²) in [5.74, 6) is 0. The van der Waals surface area contributed by atoms with E-state index in [1.807, 2.05) is 17.5 Å². The molecule has 3 aromatic heterocycles. The van der Waals surface area contributed by atoms with Crippen molar-refractivity contribution in [2.45, 2.75) is 0 Å². The SMILES string of the molecule is O=[N+]([O-])c1cccc(-c2ccn3nc(Cl)c(-c4cccs4)c3n2)c1. The van der Waals surface area contributed by atoms with Crippen molar-refractivity contribution >= 4 is 34.3 Å². The molecular weight excluding hydrogens is 348 g/mol. The highest BCUT2D eigenvalue weighted by molar-refractivity contribution is 7.13. The quantitative estimate of drug-likeness (QED) is 0.394. The van der Waals surface area contributed by atoms with Gasteiger partial charge in [0.2, 0.25) is 0 Å². The molecule has 0 spiro atoms. The molecule has 1 aromatic carbocycles. The molecule has 8 heteroatoms. The van der Waals surface area contributed by atoms with E-state index in [4.69, 9.17) is 11.6 Å². The Morgan fingerprint density at radius 3 is 2.83 bits per heavy atom. The van der Waals surface area contributed by atoms with E-state index in [-0.39, 0.29) is 5.69 Å². The van der Waals surface area contributed by atoms with E-state index in [0.717, 1.165) is 10.4 Å². The molecule has 0 N–H and O–H groups in total. The van der Waals surface area contributed by atoms with E-state index in [9.17, 15) is 10.1 Å². The Balaban J connectivity index is 1.91. The number of nitro groups is 1. The molecule has 3 heterocycles. The topological polar surface area (TPSA) is 73.3 Å². The predicted molar refractivity (Wildman–Crippen MR) is 93.4 cm³/mol. The molecule has 0 unspecified atom stereocenters. The molecule has 118 valence electrons. The van der Waals surface area contributed by atoms with Gasteiger partial charge in [0, 0.05) is 28.8 Å². The van der Waals surface area contributed by atoms with E-state index in [0.29, 0.717) is 22.1 Å². The van der Waals surface area contributed by atoms with Crippen LogP contribution in [0.3, 0.4) is 0 Å². The highest BCUT2D eigenvalue weighted by atomic mass is 35.5. The zero-order valence-corrected chi connectivity index (χ0v) is 13.7. The molecule has 0 saturated heterocycles. The van der Waals surface area contributed by atoms with Gasteiger partial charge in [-0.1, -0.05) is 29.8 Å². The van der Waals surface area contributed by atoms with Crippen molar-refractivity contribution in [3.63, 3.8) is 0 Å². The largest absolute Gasteiger partial charge is 0.270 e. The molecule has 0 amide bonds. The number of hydrogen-bond donors (Lipinski definition) is 0. The molecule has 0 fully saturated rings. The standard InChI is InChI=1S/C16H9ClN4O2S/c17-15-14(13-5-2-8-24-13)16-18-12(6-7-20(16)19-15)10-3-1-4-11(9-10)21(22)23/h1-9H. The summed E-state index contributed by atoms with van der Waals surface area (Å²) in [6.45, 7) is 0. The van der Waals surface area contributed by atoms with Gasteiger partial charge in [0.15, 0.2) is 10.8 Å². The number of halogens is 1. The van der Waals surface area contributed by atoms with Crippen molar-refractivity contribution in [3.05, 3.63) is 69.3 Å². The third kappa shape index (κ3) is 2.44. The van der Waals surface area contributed by atoms with Crippen LogP contribution in [0.2, 0.25) is 5.15 Å². The van der Waals surface area contributed by atoms with Crippen molar-refractivity contribution in [1.82, 2.24) is 14.6 Å². The molecule has 4 aromatic rings. The average molecular weight is 357 g/mol. The van der Waals surface area contributed by atoms with Crippen LogP contribution in [0, 0.1) is 10.1 Å². The number of thiophene rings is 1. The molecule has 0 bridgehead atoms. The lowest BCUT2D eigenvalue weighted by molar-refractivity contribution is -0.384. The van der Waals surface area contributed by atoms with Crippen molar-refractivity contribution in [2.75, 3.05) is 0 Å². The van der Waals surface area contributed by atoms with E-state index in [1.54, 1.807) is 40.2 Å². The van der Waals surface area contributed by atoms with E-state index in [2.05, 4.69) is 10.1 Å². The normalized spacial score (nSPS) is 11.0. The van der Waals surface area contributed by atoms with Crippen LogP contribution in [-0.2, 0) is 0 Å². The van der Waals surface area contributed by atoms with Gasteiger partial charge in [-0.3, -0.25) is 10.1 Å². The van der Waals surface area contributed by atoms with Crippen molar-refractivity contribution in [2.24, 2.45) is 0 Å². The van der Waals surface area contributed by atoms with Crippen LogP contribution in [0.5, 0.6) is 0 Å². The second-order valence-corrected chi connectivity index (χ2v) is 6.34. The summed E-state index contributed by atoms with van der Waals surface area (Å²) < 4.78 is 1.61. The molecule has 24 heavy (non-hydrogen) atoms. The van der Waals surface area contributed by atoms with Crippen LogP contribution in [-0.4, -0.2) is 19.5 Å². The molecule has 0 aliphatic carbocycles. The van der Waals surface area contributed by atoms with Gasteiger partial charge < -0.3 is 0 Å². The fourth-order valence-corrected chi connectivity index (χ4v) is 3.57. The Kier molecular flexibility index (Phi) is 3.51. The first-order valence-corrected chi connectivity index (χ1v) is 8.23. The van der Waals surface area contributed by atoms with Crippen LogP contribution in [0.15, 0.2) is 54.0 Å². The Labute approximate surface area is 145 Å². The molecule has 4 rings (SSSR count). The second-order valence-electron chi connectivity index (χ2n) is 5.03. The minimum atomic E-state index is -0.422. The molecular formula is C16H9ClN4O2S. The summed E-state index contributed by atoms with van der Waals surface area (Å²) in [6, 6.07) is 12.0. The minimum Gasteiger partial charge on any atom is -0.258 e. The van der Waals surface area contributed by atoms with Gasteiger partial charge in [-0.2, -0.15) is 5.10 Å². The van der Waals surface area contributed by atoms with E-state index >= 15 is 0 Å². The molecule has 0 aliphatic rings. The highest BCUT2D eigenvalue weighted by Crippen LogP contribution is 2.34. The Morgan fingerprint density at radius 2 is 2.08 bits per heavy atom. The highest BCUT2D eigenvalue weighted by Gasteiger charge is 2.16. The summed E-state index contributed by atoms with van der Waals surface area (Å²) >= 11 is 7.82. The smallest absolute Gasteiger partial charge is 0.258 e. The minimum absolute atomic E-state index is 0.0270. The van der Waals surface area contributed by atoms with Crippen LogP contribution in [0.25, 0.3) is 27.3 Å². The summed E-state index contributed by atoms with van der Waals surface area (Å²) in [5, 5.41) is 17.6. The molecule has 6 nitrogen and oxygen atoms in total. The Morgan fingerprint density at radius 1 is 1.21 bits per heavy atom. The lowest BCUT2D eigenvalue weighted by Gasteiger charge is -2.02. The van der Waals surface area contributed by atoms with E-state index in [1.165, 1.54) is 12.1 Å². The van der Waals surface area contributed by atoms with Crippen molar-refractivity contribution in [3.8, 4) is 21.7 Å². The maximum atomic E-state index is 11.0. The van der Waals surface area contributed by atoms with Gasteiger partial charge in [0.1, 0.15) is 0 Å². The maximum Gasteiger partial charge on any atom is 0.270 e. The Hall–Kier alpha value is -2.77. The fourth-order valence-electron chi connectivity index (χ4n) is 2.47. The molecule has 0 aliphatic heterocycles. The van der Waals surface area contributed by atoms with Gasteiger partial charge in [-0.15, -0.1) is 11.3 Å². The third-order valence-corrected chi connectivity index (χ3v) is 4.71. The lowest BCUT2D eigenvalue weighted by atomic mass is 10.1. The predicted octanol–water partition coefficient (Wildman–Crippen LogP) is 4.69. The van der Waals surface area contributed by atoms with Gasteiger partial charge in [-0.25, -0.2) is 9.50 Å². The third-order valence-electron chi connectivity index (χ3n) is 3.56. The second kappa shape index (κ2) is 5.70. The van der Waals surface area contributed by atoms with Crippen molar-refractivity contribution < 1.29 is 4.92 Å². The number of benzene rings is 1. The number of aromatic nitrogens is 3. The summed E-state index contributed by atoms with van der Waals surface area (Å²) in [6.07, 6.45) is 1.75. The number of non-ortho nitro benzene ring substituents is 1. The maximum absolute atomic E-state index is 11.0. The molecule has 0 radical (unpaired) electrons. The molecule has 0 saturated carbocycles. The fraction of sp³-hybridized carbons (Fsp3) is 0. The average Bonchev–Trinajstić information content (AvgIpc) is 3.20. The zero-order chi connectivity index (χ0) is 16.7. The number of rotatable bonds is 3. The number of fused-ring (bicyclic) bond motifs is 1. The summed E-state index contributed by atoms with van der Waals surface area (Å²) in [5.41, 5.74) is 2.70. The van der Waals surface area contributed by atoms with E-state index < -0.39 is 4.92 Å². The number of hydrogen-bond acceptors (Lipinski definition) is 5. The van der Waals surface area contributed by atoms with Crippen LogP contribution < -0.4 is 0 Å². The summed E-state index contributed by atoms with van der Waals surface area (Å²) in [4.78, 5) is 16.1. The van der Waals surface area contributed by atoms with Gasteiger partial charge in [0.05, 0.1) is 16.2 Å². The monoisotopic (exact) mass is 356 g/mol. The first-order valence-electron chi connectivity index (χ1n) is 6.97. The molecule has 0 atom stereocenters. The summed E-state index contributed by atoms with van der Waals surface area (Å²) in [7, 11) is 0. The number of nitrogens with zero attached hydrogens (tertiary/aromatic N) is 4. The zero-order valence-electron chi connectivity index (χ0n) is 12.1. The lowest BCUT2D eigenvalue weighted by Crippen LogP contribution is -1.93. The van der Waals surface area contributed by atoms with Crippen LogP contribution in [0.1, 0.15) is 0 Å². The van der Waals surface area contributed by atoms with Gasteiger partial charge in [-0.05, 0) is 17.5 Å². The van der Waals surface area contributed by atoms with Crippen molar-refractivity contribution in [1.29, 1.82) is 0 Å². The van der Waals surface area contributed by atoms with Gasteiger partial charge in [0.25, 0.3) is 5.69 Å². The Bertz CT molecular complexity index is 1060.